The molecule has 2 amide bonds. The first-order chi connectivity index (χ1) is 35.2. The van der Waals surface area contributed by atoms with Gasteiger partial charge in [-0.05, 0) is 86.3 Å². The summed E-state index contributed by atoms with van der Waals surface area (Å²) in [7, 11) is 0. The highest BCUT2D eigenvalue weighted by Crippen LogP contribution is 2.51. The van der Waals surface area contributed by atoms with Crippen LogP contribution in [0.15, 0.2) is 133 Å². The lowest BCUT2D eigenvalue weighted by Gasteiger charge is -2.30. The van der Waals surface area contributed by atoms with Gasteiger partial charge in [0.25, 0.3) is 11.1 Å². The Morgan fingerprint density at radius 3 is 1.32 bits per heavy atom. The number of carbonyl (C=O) groups excluding carboxylic acids is 2. The number of hydrogen-bond donors (Lipinski definition) is 4. The van der Waals surface area contributed by atoms with Crippen LogP contribution in [0.4, 0.5) is 0 Å². The van der Waals surface area contributed by atoms with Crippen molar-refractivity contribution in [2.75, 3.05) is 26.3 Å². The Kier molecular flexibility index (Phi) is 15.7. The molecule has 0 spiro atoms. The van der Waals surface area contributed by atoms with Crippen LogP contribution in [0, 0.1) is 23.7 Å². The van der Waals surface area contributed by atoms with Crippen molar-refractivity contribution in [3.63, 3.8) is 0 Å². The second-order valence-corrected chi connectivity index (χ2v) is 18.7. The van der Waals surface area contributed by atoms with E-state index in [9.17, 15) is 29.4 Å². The quantitative estimate of drug-likeness (QED) is 0.109. The van der Waals surface area contributed by atoms with Crippen LogP contribution >= 0.6 is 0 Å². The Balaban J connectivity index is 0.000000178. The summed E-state index contributed by atoms with van der Waals surface area (Å²) in [4.78, 5) is 82.3. The van der Waals surface area contributed by atoms with Gasteiger partial charge in [0.15, 0.2) is 0 Å². The van der Waals surface area contributed by atoms with E-state index in [1.165, 1.54) is 12.7 Å². The molecule has 10 heterocycles. The van der Waals surface area contributed by atoms with E-state index in [1.807, 2.05) is 86.7 Å². The lowest BCUT2D eigenvalue weighted by Crippen LogP contribution is -2.48. The standard InChI is InChI=1S/2C27H30N6O3/c2*1-2-3-20-4-5-23-24-21(15-32(23)27(20)36)22(16-34)25(33(24)14-19-12-29-17-30-13-19)26(35)31-11-8-18-6-9-28-10-7-18/h2*2-7,9-10,12-13,17,21-22,24-25,34H,8,11,14-16H2,1H3,(H,31,35)/b3-2+;3-2-/t2*21-,22-,24+,25-/m11/s1. The van der Waals surface area contributed by atoms with Crippen LogP contribution < -0.4 is 21.8 Å². The average Bonchev–Trinajstić information content (AvgIpc) is 4.15. The molecule has 0 aliphatic carbocycles. The number of nitrogens with one attached hydrogen (secondary N) is 2. The van der Waals surface area contributed by atoms with Crippen LogP contribution in [0.25, 0.3) is 12.2 Å². The third-order valence-electron chi connectivity index (χ3n) is 14.6. The number of carbonyl (C=O) groups is 2. The minimum Gasteiger partial charge on any atom is -0.396 e. The van der Waals surface area contributed by atoms with Crippen LogP contribution in [0.2, 0.25) is 0 Å². The zero-order valence-electron chi connectivity index (χ0n) is 40.4. The van der Waals surface area contributed by atoms with Crippen molar-refractivity contribution in [2.24, 2.45) is 23.7 Å². The SMILES string of the molecule is C/C=C/c1ccc2n(c1=O)C[C@@H]1[C@@H](CO)[C@H](C(=O)NCCc3ccncc3)N(Cc3cncnc3)[C@H]21.C/C=C\c1ccc2n(c1=O)C[C@@H]1[C@@H](CO)[C@H](C(=O)NCCc3ccncc3)N(Cc3cncnc3)[C@H]21. The highest BCUT2D eigenvalue weighted by Gasteiger charge is 2.57. The maximum Gasteiger partial charge on any atom is 0.258 e. The lowest BCUT2D eigenvalue weighted by molar-refractivity contribution is -0.128. The molecule has 4 N–H and O–H groups in total. The first kappa shape index (κ1) is 49.6. The van der Waals surface area contributed by atoms with E-state index in [4.69, 9.17) is 0 Å². The Hall–Kier alpha value is -7.38. The van der Waals surface area contributed by atoms with Crippen LogP contribution in [-0.4, -0.2) is 109 Å². The summed E-state index contributed by atoms with van der Waals surface area (Å²) in [5.41, 5.74) is 6.86. The normalized spacial score (nSPS) is 23.1. The molecule has 372 valence electrons. The predicted molar refractivity (Wildman–Crippen MR) is 269 cm³/mol. The molecule has 8 atom stereocenters. The Morgan fingerprint density at radius 2 is 0.958 bits per heavy atom. The third-order valence-corrected chi connectivity index (χ3v) is 14.6. The molecule has 18 heteroatoms. The van der Waals surface area contributed by atoms with Gasteiger partial charge in [0.2, 0.25) is 11.8 Å². The molecule has 72 heavy (non-hydrogen) atoms. The molecule has 18 nitrogen and oxygen atoms in total. The average molecular weight is 973 g/mol. The van der Waals surface area contributed by atoms with Gasteiger partial charge in [-0.3, -0.25) is 38.9 Å². The summed E-state index contributed by atoms with van der Waals surface area (Å²) in [6.45, 7) is 6.26. The van der Waals surface area contributed by atoms with Crippen molar-refractivity contribution in [1.29, 1.82) is 0 Å². The summed E-state index contributed by atoms with van der Waals surface area (Å²) < 4.78 is 3.61. The van der Waals surface area contributed by atoms with Crippen LogP contribution in [0.3, 0.4) is 0 Å². The van der Waals surface area contributed by atoms with Crippen molar-refractivity contribution < 1.29 is 19.8 Å². The van der Waals surface area contributed by atoms with Gasteiger partial charge in [0.05, 0.1) is 24.2 Å². The highest BCUT2D eigenvalue weighted by atomic mass is 16.3. The smallest absolute Gasteiger partial charge is 0.258 e. The van der Waals surface area contributed by atoms with Crippen molar-refractivity contribution in [3.05, 3.63) is 188 Å². The maximum absolute atomic E-state index is 13.6. The fourth-order valence-corrected chi connectivity index (χ4v) is 11.4. The zero-order valence-corrected chi connectivity index (χ0v) is 40.4. The molecule has 6 aromatic rings. The van der Waals surface area contributed by atoms with Gasteiger partial charge in [-0.25, -0.2) is 19.9 Å². The van der Waals surface area contributed by atoms with E-state index in [2.05, 4.69) is 50.3 Å². The monoisotopic (exact) mass is 972 g/mol. The highest BCUT2D eigenvalue weighted by molar-refractivity contribution is 5.83. The maximum atomic E-state index is 13.6. The molecule has 10 rings (SSSR count). The minimum atomic E-state index is -0.540. The second kappa shape index (κ2) is 22.8. The molecule has 4 aliphatic heterocycles. The number of nitrogens with zero attached hydrogens (tertiary/aromatic N) is 10. The van der Waals surface area contributed by atoms with Crippen LogP contribution in [-0.2, 0) is 48.6 Å². The first-order valence-corrected chi connectivity index (χ1v) is 24.5. The van der Waals surface area contributed by atoms with Gasteiger partial charge < -0.3 is 30.0 Å². The minimum absolute atomic E-state index is 0.0435. The number of aliphatic hydroxyl groups excluding tert-OH is 2. The molecule has 0 unspecified atom stereocenters. The molecule has 0 radical (unpaired) electrons. The number of hydrogen-bond acceptors (Lipinski definition) is 14. The summed E-state index contributed by atoms with van der Waals surface area (Å²) in [5.74, 6) is -0.995. The van der Waals surface area contributed by atoms with Crippen molar-refractivity contribution in [1.82, 2.24) is 59.5 Å². The predicted octanol–water partition coefficient (Wildman–Crippen LogP) is 3.18. The van der Waals surface area contributed by atoms with E-state index in [1.54, 1.807) is 58.7 Å². The van der Waals surface area contributed by atoms with Gasteiger partial charge in [-0.1, -0.05) is 24.3 Å². The number of allylic oxidation sites excluding steroid dienone is 2. The fourth-order valence-electron chi connectivity index (χ4n) is 11.4. The first-order valence-electron chi connectivity index (χ1n) is 24.5. The third kappa shape index (κ3) is 10.2. The number of rotatable bonds is 16. The Labute approximate surface area is 417 Å². The van der Waals surface area contributed by atoms with Gasteiger partial charge in [0.1, 0.15) is 12.7 Å². The second-order valence-electron chi connectivity index (χ2n) is 18.7. The lowest BCUT2D eigenvalue weighted by atomic mass is 9.88. The summed E-state index contributed by atoms with van der Waals surface area (Å²) in [5, 5.41) is 27.1. The largest absolute Gasteiger partial charge is 0.396 e. The Bertz CT molecular complexity index is 2790. The number of pyridine rings is 4. The summed E-state index contributed by atoms with van der Waals surface area (Å²) in [6.07, 6.45) is 25.6. The zero-order chi connectivity index (χ0) is 50.1. The van der Waals surface area contributed by atoms with Gasteiger partial charge in [-0.2, -0.15) is 0 Å². The van der Waals surface area contributed by atoms with Crippen LogP contribution in [0.5, 0.6) is 0 Å². The topological polar surface area (TPSA) is 226 Å². The van der Waals surface area contributed by atoms with Crippen molar-refractivity contribution in [3.8, 4) is 0 Å². The van der Waals surface area contributed by atoms with E-state index in [0.717, 1.165) is 33.6 Å². The summed E-state index contributed by atoms with van der Waals surface area (Å²) in [6, 6.07) is 13.9. The molecule has 0 bridgehead atoms. The van der Waals surface area contributed by atoms with E-state index in [0.29, 0.717) is 63.2 Å². The van der Waals surface area contributed by atoms with Gasteiger partial charge >= 0.3 is 0 Å². The van der Waals surface area contributed by atoms with Crippen molar-refractivity contribution >= 4 is 24.0 Å². The fraction of sp³-hybridized carbons (Fsp3) is 0.370. The number of aliphatic hydroxyl groups is 2. The molecule has 0 aromatic carbocycles. The Morgan fingerprint density at radius 1 is 0.569 bits per heavy atom. The van der Waals surface area contributed by atoms with Crippen LogP contribution in [0.1, 0.15) is 70.7 Å². The molecule has 2 saturated heterocycles. The van der Waals surface area contributed by atoms with Crippen molar-refractivity contribution in [2.45, 2.75) is 77.0 Å². The molecular weight excluding hydrogens is 913 g/mol. The molecule has 0 saturated carbocycles. The molecule has 6 aromatic heterocycles. The van der Waals surface area contributed by atoms with E-state index < -0.39 is 12.1 Å². The molecular formula is C54H60N12O6. The number of fused-ring (bicyclic) bond motifs is 6. The van der Waals surface area contributed by atoms with Gasteiger partial charge in [-0.15, -0.1) is 0 Å². The number of amides is 2. The molecule has 2 fully saturated rings. The molecule has 4 aliphatic rings. The van der Waals surface area contributed by atoms with Gasteiger partial charge in [0, 0.05) is 159 Å². The summed E-state index contributed by atoms with van der Waals surface area (Å²) >= 11 is 0. The number of aromatic nitrogens is 8. The van der Waals surface area contributed by atoms with E-state index in [-0.39, 0.29) is 71.9 Å². The number of likely N-dealkylation sites (tertiary alicyclic amines) is 2. The van der Waals surface area contributed by atoms with E-state index >= 15 is 0 Å².